The molecule has 1 unspecified atom stereocenters. The van der Waals surface area contributed by atoms with Crippen molar-refractivity contribution in [2.45, 2.75) is 38.8 Å². The second-order valence-electron chi connectivity index (χ2n) is 8.21. The number of aldehydes is 1. The molecular weight excluding hydrogens is 482 g/mol. The Morgan fingerprint density at radius 1 is 1.03 bits per heavy atom. The van der Waals surface area contributed by atoms with Gasteiger partial charge in [-0.3, -0.25) is 34.2 Å². The van der Waals surface area contributed by atoms with Crippen molar-refractivity contribution in [3.63, 3.8) is 0 Å². The Bertz CT molecular complexity index is 853. The molecule has 12 heteroatoms. The Kier molecular flexibility index (Phi) is 17.2. The molecule has 0 fully saturated rings. The summed E-state index contributed by atoms with van der Waals surface area (Å²) in [5, 5.41) is 10.6. The molecular formula is C25H39N5O7. The summed E-state index contributed by atoms with van der Waals surface area (Å²) in [4.78, 5) is 59.1. The van der Waals surface area contributed by atoms with Crippen molar-refractivity contribution in [3.8, 4) is 0 Å². The van der Waals surface area contributed by atoms with Crippen LogP contribution in [0.25, 0.3) is 0 Å². The smallest absolute Gasteiger partial charge is 0.243 e. The van der Waals surface area contributed by atoms with Gasteiger partial charge in [0, 0.05) is 36.5 Å². The van der Waals surface area contributed by atoms with Gasteiger partial charge in [-0.05, 0) is 32.5 Å². The van der Waals surface area contributed by atoms with Crippen LogP contribution in [0.4, 0.5) is 5.69 Å². The maximum atomic E-state index is 12.5. The summed E-state index contributed by atoms with van der Waals surface area (Å²) < 4.78 is 10.7. The number of nitrogens with one attached hydrogen (secondary N) is 4. The third-order valence-electron chi connectivity index (χ3n) is 5.39. The van der Waals surface area contributed by atoms with Crippen molar-refractivity contribution in [2.75, 3.05) is 58.4 Å². The van der Waals surface area contributed by atoms with E-state index >= 15 is 0 Å². The predicted molar refractivity (Wildman–Crippen MR) is 138 cm³/mol. The molecule has 37 heavy (non-hydrogen) atoms. The van der Waals surface area contributed by atoms with E-state index in [2.05, 4.69) is 21.3 Å². The SMILES string of the molecule is CCCC(C(=O)NC=O)N(C)Cc1c(C=O)cccc1NC(=O)CNCCCOCCOCCNC=O. The van der Waals surface area contributed by atoms with Gasteiger partial charge in [0.25, 0.3) is 0 Å². The highest BCUT2D eigenvalue weighted by molar-refractivity contribution is 5.94. The van der Waals surface area contributed by atoms with Crippen molar-refractivity contribution >= 4 is 36.6 Å². The number of likely N-dealkylation sites (N-methyl/N-ethyl adjacent to an activating group) is 1. The van der Waals surface area contributed by atoms with Crippen LogP contribution in [-0.4, -0.2) is 95.0 Å². The van der Waals surface area contributed by atoms with E-state index in [1.54, 1.807) is 30.1 Å². The second kappa shape index (κ2) is 19.9. The minimum absolute atomic E-state index is 0.0770. The first-order chi connectivity index (χ1) is 18.0. The van der Waals surface area contributed by atoms with Crippen LogP contribution in [0.2, 0.25) is 0 Å². The fourth-order valence-corrected chi connectivity index (χ4v) is 3.56. The molecule has 0 aromatic heterocycles. The van der Waals surface area contributed by atoms with E-state index in [0.29, 0.717) is 88.3 Å². The molecule has 0 spiro atoms. The molecule has 0 heterocycles. The first kappa shape index (κ1) is 31.8. The van der Waals surface area contributed by atoms with Crippen LogP contribution in [0.3, 0.4) is 0 Å². The monoisotopic (exact) mass is 521 g/mol. The minimum atomic E-state index is -0.562. The minimum Gasteiger partial charge on any atom is -0.379 e. The number of amides is 4. The number of carbonyl (C=O) groups excluding carboxylic acids is 5. The lowest BCUT2D eigenvalue weighted by atomic mass is 10.0. The summed E-state index contributed by atoms with van der Waals surface area (Å²) in [5.41, 5.74) is 1.48. The number of carbonyl (C=O) groups is 5. The normalized spacial score (nSPS) is 11.5. The maximum absolute atomic E-state index is 12.5. The summed E-state index contributed by atoms with van der Waals surface area (Å²) in [6.45, 7) is 5.11. The van der Waals surface area contributed by atoms with Crippen molar-refractivity contribution in [1.82, 2.24) is 20.9 Å². The zero-order valence-electron chi connectivity index (χ0n) is 21.6. The topological polar surface area (TPSA) is 155 Å². The summed E-state index contributed by atoms with van der Waals surface area (Å²) in [6, 6.07) is 4.48. The highest BCUT2D eigenvalue weighted by atomic mass is 16.5. The van der Waals surface area contributed by atoms with Gasteiger partial charge in [0.05, 0.1) is 32.4 Å². The van der Waals surface area contributed by atoms with Crippen molar-refractivity contribution in [3.05, 3.63) is 29.3 Å². The van der Waals surface area contributed by atoms with E-state index in [1.807, 2.05) is 6.92 Å². The highest BCUT2D eigenvalue weighted by Gasteiger charge is 2.24. The van der Waals surface area contributed by atoms with Crippen molar-refractivity contribution in [1.29, 1.82) is 0 Å². The summed E-state index contributed by atoms with van der Waals surface area (Å²) >= 11 is 0. The maximum Gasteiger partial charge on any atom is 0.243 e. The Morgan fingerprint density at radius 3 is 2.46 bits per heavy atom. The number of hydrogen-bond donors (Lipinski definition) is 4. The molecule has 0 aliphatic rings. The predicted octanol–water partition coefficient (Wildman–Crippen LogP) is 0.0696. The van der Waals surface area contributed by atoms with Gasteiger partial charge in [-0.15, -0.1) is 0 Å². The van der Waals surface area contributed by atoms with Crippen LogP contribution in [0.5, 0.6) is 0 Å². The van der Waals surface area contributed by atoms with E-state index in [4.69, 9.17) is 9.47 Å². The molecule has 0 aliphatic carbocycles. The number of imide groups is 1. The first-order valence-corrected chi connectivity index (χ1v) is 12.3. The van der Waals surface area contributed by atoms with E-state index in [-0.39, 0.29) is 19.0 Å². The number of ether oxygens (including phenoxy) is 2. The summed E-state index contributed by atoms with van der Waals surface area (Å²) in [7, 11) is 1.73. The van der Waals surface area contributed by atoms with E-state index in [0.717, 1.165) is 6.42 Å². The van der Waals surface area contributed by atoms with E-state index in [9.17, 15) is 24.0 Å². The molecule has 0 saturated carbocycles. The Hall–Kier alpha value is -3.19. The van der Waals surface area contributed by atoms with Gasteiger partial charge < -0.3 is 25.4 Å². The lowest BCUT2D eigenvalue weighted by Gasteiger charge is -2.27. The molecule has 0 radical (unpaired) electrons. The number of nitrogens with zero attached hydrogens (tertiary/aromatic N) is 1. The molecule has 206 valence electrons. The van der Waals surface area contributed by atoms with E-state index in [1.165, 1.54) is 0 Å². The highest BCUT2D eigenvalue weighted by Crippen LogP contribution is 2.22. The number of anilines is 1. The molecule has 1 rings (SSSR count). The molecule has 4 N–H and O–H groups in total. The molecule has 4 amide bonds. The van der Waals surface area contributed by atoms with Gasteiger partial charge in [-0.1, -0.05) is 25.5 Å². The molecule has 1 atom stereocenters. The van der Waals surface area contributed by atoms with Crippen LogP contribution < -0.4 is 21.3 Å². The number of benzene rings is 1. The van der Waals surface area contributed by atoms with Crippen LogP contribution in [0.15, 0.2) is 18.2 Å². The molecule has 1 aromatic rings. The average Bonchev–Trinajstić information content (AvgIpc) is 2.88. The third kappa shape index (κ3) is 13.1. The molecule has 0 aliphatic heterocycles. The fourth-order valence-electron chi connectivity index (χ4n) is 3.56. The zero-order chi connectivity index (χ0) is 27.3. The lowest BCUT2D eigenvalue weighted by Crippen LogP contribution is -2.44. The Morgan fingerprint density at radius 2 is 1.78 bits per heavy atom. The molecule has 12 nitrogen and oxygen atoms in total. The summed E-state index contributed by atoms with van der Waals surface area (Å²) in [6.07, 6.45) is 3.65. The molecule has 0 bridgehead atoms. The Balaban J connectivity index is 2.52. The fraction of sp³-hybridized carbons (Fsp3) is 0.560. The van der Waals surface area contributed by atoms with Gasteiger partial charge in [-0.2, -0.15) is 0 Å². The molecule has 1 aromatic carbocycles. The van der Waals surface area contributed by atoms with Crippen LogP contribution >= 0.6 is 0 Å². The van der Waals surface area contributed by atoms with E-state index < -0.39 is 11.9 Å². The van der Waals surface area contributed by atoms with Crippen molar-refractivity contribution in [2.24, 2.45) is 0 Å². The molecule has 0 saturated heterocycles. The van der Waals surface area contributed by atoms with Gasteiger partial charge in [-0.25, -0.2) is 0 Å². The van der Waals surface area contributed by atoms with Gasteiger partial charge in [0.15, 0.2) is 0 Å². The number of hydrogen-bond acceptors (Lipinski definition) is 9. The largest absolute Gasteiger partial charge is 0.379 e. The second-order valence-corrected chi connectivity index (χ2v) is 8.21. The van der Waals surface area contributed by atoms with Crippen LogP contribution in [0, 0.1) is 0 Å². The van der Waals surface area contributed by atoms with Crippen molar-refractivity contribution < 1.29 is 33.4 Å². The lowest BCUT2D eigenvalue weighted by molar-refractivity contribution is -0.129. The van der Waals surface area contributed by atoms with Crippen LogP contribution in [0.1, 0.15) is 42.1 Å². The van der Waals surface area contributed by atoms with Gasteiger partial charge >= 0.3 is 0 Å². The average molecular weight is 522 g/mol. The third-order valence-corrected chi connectivity index (χ3v) is 5.39. The summed E-state index contributed by atoms with van der Waals surface area (Å²) in [5.74, 6) is -0.685. The standard InChI is InChI=1S/C25H39N5O7/c1-3-6-23(25(35)28-19-33)30(2)16-21-20(17-31)7-4-8-22(21)29-24(34)15-26-9-5-11-36-13-14-37-12-10-27-18-32/h4,7-8,17-19,23,26H,3,5-6,9-16H2,1-2H3,(H,27,32)(H,29,34)(H,28,33,35). The Labute approximate surface area is 217 Å². The number of rotatable bonds is 22. The van der Waals surface area contributed by atoms with Gasteiger partial charge in [0.2, 0.25) is 24.6 Å². The zero-order valence-corrected chi connectivity index (χ0v) is 21.6. The van der Waals surface area contributed by atoms with Gasteiger partial charge in [0.1, 0.15) is 6.29 Å². The van der Waals surface area contributed by atoms with Crippen LogP contribution in [-0.2, 0) is 35.2 Å². The first-order valence-electron chi connectivity index (χ1n) is 12.3. The quantitative estimate of drug-likeness (QED) is 0.123.